The largest absolute Gasteiger partial charge is 0.490 e. The van der Waals surface area contributed by atoms with E-state index in [-0.39, 0.29) is 6.61 Å². The van der Waals surface area contributed by atoms with Gasteiger partial charge in [0.25, 0.3) is 0 Å². The van der Waals surface area contributed by atoms with Gasteiger partial charge in [-0.3, -0.25) is 0 Å². The summed E-state index contributed by atoms with van der Waals surface area (Å²) in [5.74, 6) is -1.16. The number of anilines is 2. The summed E-state index contributed by atoms with van der Waals surface area (Å²) in [7, 11) is 1.85. The van der Waals surface area contributed by atoms with Crippen LogP contribution >= 0.6 is 0 Å². The Morgan fingerprint density at radius 1 is 1.34 bits per heavy atom. The van der Waals surface area contributed by atoms with Crippen LogP contribution in [0.2, 0.25) is 0 Å². The standard InChI is InChI=1S/C14H21N7O.C2HF3O2/c1-15-13-2-6-16-14(17-13)20-7-3-12(4-8-20)21-10-11(5-9-22)18-19-21;3-2(4,5)1(6)7/h2,6,10,12,22H,3-5,7-9H2,1H3,(H,15,16,17);(H,6,7). The van der Waals surface area contributed by atoms with Crippen LogP contribution in [0.15, 0.2) is 18.5 Å². The van der Waals surface area contributed by atoms with Gasteiger partial charge in [0, 0.05) is 45.6 Å². The van der Waals surface area contributed by atoms with E-state index in [2.05, 4.69) is 30.5 Å². The number of hydrogen-bond donors (Lipinski definition) is 3. The minimum Gasteiger partial charge on any atom is -0.475 e. The van der Waals surface area contributed by atoms with Crippen LogP contribution in [-0.4, -0.2) is 74.1 Å². The minimum absolute atomic E-state index is 0.107. The normalized spacial score (nSPS) is 14.9. The number of carbonyl (C=O) groups is 1. The van der Waals surface area contributed by atoms with Crippen LogP contribution in [0.25, 0.3) is 0 Å². The van der Waals surface area contributed by atoms with E-state index in [1.807, 2.05) is 24.0 Å². The number of nitrogens with zero attached hydrogens (tertiary/aromatic N) is 6. The fourth-order valence-electron chi connectivity index (χ4n) is 2.69. The van der Waals surface area contributed by atoms with E-state index in [0.29, 0.717) is 12.5 Å². The molecule has 0 aromatic carbocycles. The molecule has 0 spiro atoms. The van der Waals surface area contributed by atoms with Gasteiger partial charge in [-0.2, -0.15) is 18.2 Å². The molecule has 10 nitrogen and oxygen atoms in total. The Hall–Kier alpha value is -2.96. The first-order valence-corrected chi connectivity index (χ1v) is 8.82. The highest BCUT2D eigenvalue weighted by Crippen LogP contribution is 2.24. The van der Waals surface area contributed by atoms with Crippen molar-refractivity contribution in [2.24, 2.45) is 0 Å². The van der Waals surface area contributed by atoms with Gasteiger partial charge in [0.1, 0.15) is 5.82 Å². The highest BCUT2D eigenvalue weighted by Gasteiger charge is 2.38. The predicted octanol–water partition coefficient (Wildman–Crippen LogP) is 1.12. The number of hydrogen-bond acceptors (Lipinski definition) is 8. The molecule has 13 heteroatoms. The number of alkyl halides is 3. The topological polar surface area (TPSA) is 129 Å². The second kappa shape index (κ2) is 10.0. The van der Waals surface area contributed by atoms with Crippen molar-refractivity contribution >= 4 is 17.7 Å². The van der Waals surface area contributed by atoms with Crippen molar-refractivity contribution in [1.82, 2.24) is 25.0 Å². The van der Waals surface area contributed by atoms with E-state index in [1.54, 1.807) is 6.20 Å². The quantitative estimate of drug-likeness (QED) is 0.655. The number of carboxylic acids is 1. The molecule has 0 atom stereocenters. The molecule has 3 N–H and O–H groups in total. The molecule has 2 aromatic heterocycles. The third kappa shape index (κ3) is 6.55. The fourth-order valence-corrected chi connectivity index (χ4v) is 2.69. The third-order valence-corrected chi connectivity index (χ3v) is 4.19. The van der Waals surface area contributed by atoms with Crippen molar-refractivity contribution in [3.8, 4) is 0 Å². The van der Waals surface area contributed by atoms with Crippen molar-refractivity contribution < 1.29 is 28.2 Å². The number of nitrogens with one attached hydrogen (secondary N) is 1. The average Bonchev–Trinajstić information content (AvgIpc) is 3.17. The molecule has 0 saturated carbocycles. The maximum atomic E-state index is 10.6. The average molecular weight is 417 g/mol. The number of carboxylic acid groups (broad SMARTS) is 1. The molecule has 3 rings (SSSR count). The zero-order chi connectivity index (χ0) is 21.4. The van der Waals surface area contributed by atoms with Gasteiger partial charge in [-0.25, -0.2) is 14.5 Å². The molecule has 0 bridgehead atoms. The molecule has 0 radical (unpaired) electrons. The van der Waals surface area contributed by atoms with E-state index in [4.69, 9.17) is 15.0 Å². The summed E-state index contributed by atoms with van der Waals surface area (Å²) in [6.45, 7) is 1.90. The molecule has 0 aliphatic carbocycles. The van der Waals surface area contributed by atoms with Crippen molar-refractivity contribution in [3.05, 3.63) is 24.2 Å². The van der Waals surface area contributed by atoms with Gasteiger partial charge in [-0.05, 0) is 18.9 Å². The second-order valence-corrected chi connectivity index (χ2v) is 6.18. The first-order valence-electron chi connectivity index (χ1n) is 8.82. The molecule has 0 unspecified atom stereocenters. The van der Waals surface area contributed by atoms with Crippen LogP contribution in [0.5, 0.6) is 0 Å². The maximum Gasteiger partial charge on any atom is 0.490 e. The summed E-state index contributed by atoms with van der Waals surface area (Å²) in [6, 6.07) is 2.21. The van der Waals surface area contributed by atoms with E-state index in [1.165, 1.54) is 0 Å². The lowest BCUT2D eigenvalue weighted by Gasteiger charge is -2.31. The maximum absolute atomic E-state index is 10.6. The van der Waals surface area contributed by atoms with Gasteiger partial charge in [0.05, 0.1) is 11.7 Å². The van der Waals surface area contributed by atoms with Gasteiger partial charge >= 0.3 is 12.1 Å². The number of rotatable bonds is 5. The molecule has 3 heterocycles. The summed E-state index contributed by atoms with van der Waals surface area (Å²) in [5, 5.41) is 27.4. The van der Waals surface area contributed by atoms with Gasteiger partial charge in [0.2, 0.25) is 5.95 Å². The molecule has 0 amide bonds. The third-order valence-electron chi connectivity index (χ3n) is 4.19. The summed E-state index contributed by atoms with van der Waals surface area (Å²) in [6.07, 6.45) is 1.15. The Kier molecular flexibility index (Phi) is 7.70. The zero-order valence-electron chi connectivity index (χ0n) is 15.7. The Balaban J connectivity index is 0.000000370. The van der Waals surface area contributed by atoms with E-state index >= 15 is 0 Å². The number of aliphatic hydroxyl groups is 1. The highest BCUT2D eigenvalue weighted by molar-refractivity contribution is 5.73. The fraction of sp³-hybridized carbons (Fsp3) is 0.562. The predicted molar refractivity (Wildman–Crippen MR) is 96.6 cm³/mol. The molecule has 1 aliphatic rings. The molecule has 1 fully saturated rings. The summed E-state index contributed by atoms with van der Waals surface area (Å²) in [4.78, 5) is 19.9. The van der Waals surface area contributed by atoms with E-state index < -0.39 is 12.1 Å². The van der Waals surface area contributed by atoms with Gasteiger partial charge in [0.15, 0.2) is 0 Å². The number of aromatic nitrogens is 5. The molecule has 29 heavy (non-hydrogen) atoms. The zero-order valence-corrected chi connectivity index (χ0v) is 15.7. The summed E-state index contributed by atoms with van der Waals surface area (Å²) >= 11 is 0. The number of halogens is 3. The number of aliphatic hydroxyl groups excluding tert-OH is 1. The minimum atomic E-state index is -5.08. The molecule has 1 saturated heterocycles. The van der Waals surface area contributed by atoms with Crippen molar-refractivity contribution in [3.63, 3.8) is 0 Å². The van der Waals surface area contributed by atoms with Crippen molar-refractivity contribution in [1.29, 1.82) is 0 Å². The van der Waals surface area contributed by atoms with Crippen LogP contribution < -0.4 is 10.2 Å². The van der Waals surface area contributed by atoms with Crippen LogP contribution in [0, 0.1) is 0 Å². The Labute approximate surface area is 164 Å². The van der Waals surface area contributed by atoms with Gasteiger partial charge in [-0.1, -0.05) is 5.21 Å². The molecular formula is C16H22F3N7O3. The van der Waals surface area contributed by atoms with Gasteiger partial charge in [-0.15, -0.1) is 5.10 Å². The lowest BCUT2D eigenvalue weighted by Crippen LogP contribution is -2.36. The molecule has 1 aliphatic heterocycles. The lowest BCUT2D eigenvalue weighted by molar-refractivity contribution is -0.192. The van der Waals surface area contributed by atoms with Crippen LogP contribution in [0.1, 0.15) is 24.6 Å². The van der Waals surface area contributed by atoms with Crippen molar-refractivity contribution in [2.75, 3.05) is 37.0 Å². The Bertz CT molecular complexity index is 792. The first kappa shape index (κ1) is 22.3. The lowest BCUT2D eigenvalue weighted by atomic mass is 10.1. The van der Waals surface area contributed by atoms with Crippen LogP contribution in [-0.2, 0) is 11.2 Å². The molecule has 2 aromatic rings. The molecular weight excluding hydrogens is 395 g/mol. The van der Waals surface area contributed by atoms with E-state index in [0.717, 1.165) is 43.4 Å². The Morgan fingerprint density at radius 2 is 2.00 bits per heavy atom. The monoisotopic (exact) mass is 417 g/mol. The highest BCUT2D eigenvalue weighted by atomic mass is 19.4. The van der Waals surface area contributed by atoms with E-state index in [9.17, 15) is 13.2 Å². The summed E-state index contributed by atoms with van der Waals surface area (Å²) in [5.41, 5.74) is 0.843. The second-order valence-electron chi connectivity index (χ2n) is 6.18. The number of aliphatic carboxylic acids is 1. The molecule has 160 valence electrons. The van der Waals surface area contributed by atoms with Crippen molar-refractivity contribution in [2.45, 2.75) is 31.5 Å². The number of piperidine rings is 1. The first-order chi connectivity index (χ1) is 13.7. The van der Waals surface area contributed by atoms with Crippen LogP contribution in [0.3, 0.4) is 0 Å². The Morgan fingerprint density at radius 3 is 2.55 bits per heavy atom. The SMILES string of the molecule is CNc1ccnc(N2CCC(n3cc(CCO)nn3)CC2)n1.O=C(O)C(F)(F)F. The smallest absolute Gasteiger partial charge is 0.475 e. The van der Waals surface area contributed by atoms with Crippen LogP contribution in [0.4, 0.5) is 24.9 Å². The van der Waals surface area contributed by atoms with Gasteiger partial charge < -0.3 is 20.4 Å². The summed E-state index contributed by atoms with van der Waals surface area (Å²) < 4.78 is 33.7.